The number of sulfonamides is 1. The Kier molecular flexibility index (Phi) is 4.41. The zero-order chi connectivity index (χ0) is 17.6. The zero-order valence-electron chi connectivity index (χ0n) is 11.8. The molecule has 2 atom stereocenters. The molecule has 2 unspecified atom stereocenters. The largest absolute Gasteiger partial charge is 0.481 e. The lowest BCUT2D eigenvalue weighted by molar-refractivity contribution is -0.144. The molecule has 0 spiro atoms. The average Bonchev–Trinajstić information content (AvgIpc) is 2.81. The van der Waals surface area contributed by atoms with Crippen LogP contribution >= 0.6 is 0 Å². The highest BCUT2D eigenvalue weighted by Gasteiger charge is 2.46. The second-order valence-electron chi connectivity index (χ2n) is 5.12. The molecule has 1 aromatic heterocycles. The molecule has 1 fully saturated rings. The summed E-state index contributed by atoms with van der Waals surface area (Å²) in [7, 11) is -3.68. The van der Waals surface area contributed by atoms with E-state index in [1.54, 1.807) is 0 Å². The number of aliphatic carboxylic acids is 1. The quantitative estimate of drug-likeness (QED) is 0.647. The summed E-state index contributed by atoms with van der Waals surface area (Å²) in [5, 5.41) is 11.9. The number of carboxylic acids is 1. The Morgan fingerprint density at radius 3 is 2.52 bits per heavy atom. The molecule has 12 heteroatoms. The van der Waals surface area contributed by atoms with Gasteiger partial charge in [-0.05, 0) is 6.42 Å². The smallest absolute Gasteiger partial charge is 0.436 e. The van der Waals surface area contributed by atoms with Gasteiger partial charge in [-0.2, -0.15) is 22.6 Å². The van der Waals surface area contributed by atoms with Crippen molar-refractivity contribution in [3.63, 3.8) is 0 Å². The first-order valence-electron chi connectivity index (χ1n) is 6.44. The Morgan fingerprint density at radius 2 is 2.04 bits per heavy atom. The highest BCUT2D eigenvalue weighted by Crippen LogP contribution is 2.36. The minimum Gasteiger partial charge on any atom is -0.481 e. The van der Waals surface area contributed by atoms with Gasteiger partial charge < -0.3 is 5.11 Å². The van der Waals surface area contributed by atoms with Crippen LogP contribution in [0.3, 0.4) is 0 Å². The maximum Gasteiger partial charge on any atom is 0.436 e. The standard InChI is InChI=1S/C11H13F4N3O4S/c1-17-5-7(9(16-17)11(13,14)15)23(21,22)18-3-2-6(10(19)20)4-8(18)12/h5-6,8H,2-4H2,1H3,(H,19,20). The number of carboxylic acid groups (broad SMARTS) is 1. The second-order valence-corrected chi connectivity index (χ2v) is 6.98. The van der Waals surface area contributed by atoms with Crippen LogP contribution in [0.2, 0.25) is 0 Å². The van der Waals surface area contributed by atoms with Crippen molar-refractivity contribution < 1.29 is 35.9 Å². The third-order valence-electron chi connectivity index (χ3n) is 3.49. The predicted molar refractivity (Wildman–Crippen MR) is 67.4 cm³/mol. The Labute approximate surface area is 128 Å². The molecular formula is C11H13F4N3O4S. The summed E-state index contributed by atoms with van der Waals surface area (Å²) in [5.41, 5.74) is -1.63. The SMILES string of the molecule is Cn1cc(S(=O)(=O)N2CCC(C(=O)O)CC2F)c(C(F)(F)F)n1. The molecule has 0 aromatic carbocycles. The van der Waals surface area contributed by atoms with Crippen molar-refractivity contribution in [2.75, 3.05) is 6.54 Å². The summed E-state index contributed by atoms with van der Waals surface area (Å²) in [4.78, 5) is 9.67. The van der Waals surface area contributed by atoms with E-state index in [4.69, 9.17) is 5.11 Å². The lowest BCUT2D eigenvalue weighted by Crippen LogP contribution is -2.45. The number of hydrogen-bond acceptors (Lipinski definition) is 4. The molecule has 0 radical (unpaired) electrons. The van der Waals surface area contributed by atoms with Gasteiger partial charge in [-0.25, -0.2) is 12.8 Å². The van der Waals surface area contributed by atoms with Crippen LogP contribution in [-0.2, 0) is 28.0 Å². The predicted octanol–water partition coefficient (Wildman–Crippen LogP) is 1.22. The Balaban J connectivity index is 2.39. The Bertz CT molecular complexity index is 715. The molecule has 0 aliphatic carbocycles. The summed E-state index contributed by atoms with van der Waals surface area (Å²) in [6.07, 6.45) is -7.38. The fraction of sp³-hybridized carbons (Fsp3) is 0.636. The molecule has 1 aromatic rings. The topological polar surface area (TPSA) is 92.5 Å². The highest BCUT2D eigenvalue weighted by molar-refractivity contribution is 7.89. The molecular weight excluding hydrogens is 346 g/mol. The summed E-state index contributed by atoms with van der Waals surface area (Å²) < 4.78 is 78.3. The molecule has 7 nitrogen and oxygen atoms in total. The van der Waals surface area contributed by atoms with Crippen LogP contribution in [0.5, 0.6) is 0 Å². The molecule has 2 rings (SSSR count). The van der Waals surface area contributed by atoms with E-state index in [0.717, 1.165) is 7.05 Å². The normalized spacial score (nSPS) is 23.9. The number of rotatable bonds is 3. The van der Waals surface area contributed by atoms with Gasteiger partial charge in [-0.3, -0.25) is 9.48 Å². The van der Waals surface area contributed by atoms with Gasteiger partial charge in [0.15, 0.2) is 12.0 Å². The average molecular weight is 359 g/mol. The third kappa shape index (κ3) is 3.32. The van der Waals surface area contributed by atoms with Gasteiger partial charge >= 0.3 is 12.1 Å². The number of aryl methyl sites for hydroxylation is 1. The fourth-order valence-electron chi connectivity index (χ4n) is 2.37. The van der Waals surface area contributed by atoms with Gasteiger partial charge in [-0.1, -0.05) is 0 Å². The van der Waals surface area contributed by atoms with Gasteiger partial charge in [0.05, 0.1) is 5.92 Å². The summed E-state index contributed by atoms with van der Waals surface area (Å²) in [5.74, 6) is -2.35. The molecule has 130 valence electrons. The van der Waals surface area contributed by atoms with Crippen LogP contribution in [0.15, 0.2) is 11.1 Å². The van der Waals surface area contributed by atoms with Crippen molar-refractivity contribution in [3.8, 4) is 0 Å². The van der Waals surface area contributed by atoms with Crippen LogP contribution in [0.25, 0.3) is 0 Å². The summed E-state index contributed by atoms with van der Waals surface area (Å²) in [6.45, 7) is -0.521. The van der Waals surface area contributed by atoms with Gasteiger partial charge in [-0.15, -0.1) is 0 Å². The molecule has 1 aliphatic rings. The molecule has 1 saturated heterocycles. The molecule has 1 aliphatic heterocycles. The van der Waals surface area contributed by atoms with Gasteiger partial charge in [0.1, 0.15) is 4.90 Å². The van der Waals surface area contributed by atoms with E-state index in [1.165, 1.54) is 0 Å². The molecule has 0 saturated carbocycles. The fourth-order valence-corrected chi connectivity index (χ4v) is 4.04. The van der Waals surface area contributed by atoms with E-state index in [1.807, 2.05) is 0 Å². The summed E-state index contributed by atoms with van der Waals surface area (Å²) in [6, 6.07) is 0. The minimum atomic E-state index is -5.02. The molecule has 0 bridgehead atoms. The molecule has 0 amide bonds. The maximum absolute atomic E-state index is 14.0. The van der Waals surface area contributed by atoms with Crippen molar-refractivity contribution in [1.29, 1.82) is 0 Å². The van der Waals surface area contributed by atoms with E-state index >= 15 is 0 Å². The first kappa shape index (κ1) is 17.7. The molecule has 1 N–H and O–H groups in total. The Morgan fingerprint density at radius 1 is 1.43 bits per heavy atom. The van der Waals surface area contributed by atoms with Crippen molar-refractivity contribution in [2.45, 2.75) is 30.2 Å². The number of alkyl halides is 4. The van der Waals surface area contributed by atoms with Crippen LogP contribution in [-0.4, -0.2) is 46.4 Å². The summed E-state index contributed by atoms with van der Waals surface area (Å²) >= 11 is 0. The van der Waals surface area contributed by atoms with Crippen LogP contribution in [0, 0.1) is 5.92 Å². The van der Waals surface area contributed by atoms with Gasteiger partial charge in [0.25, 0.3) is 0 Å². The minimum absolute atomic E-state index is 0.184. The number of carbonyl (C=O) groups is 1. The Hall–Kier alpha value is -1.69. The number of halogens is 4. The second kappa shape index (κ2) is 5.74. The first-order valence-corrected chi connectivity index (χ1v) is 7.88. The van der Waals surface area contributed by atoms with Crippen molar-refractivity contribution in [3.05, 3.63) is 11.9 Å². The number of hydrogen-bond donors (Lipinski definition) is 1. The molecule has 2 heterocycles. The van der Waals surface area contributed by atoms with E-state index in [0.29, 0.717) is 10.9 Å². The van der Waals surface area contributed by atoms with Crippen LogP contribution in [0.1, 0.15) is 18.5 Å². The lowest BCUT2D eigenvalue weighted by Gasteiger charge is -2.32. The third-order valence-corrected chi connectivity index (χ3v) is 5.37. The van der Waals surface area contributed by atoms with E-state index in [9.17, 15) is 30.8 Å². The number of aromatic nitrogens is 2. The first-order chi connectivity index (χ1) is 10.4. The lowest BCUT2D eigenvalue weighted by atomic mass is 9.98. The monoisotopic (exact) mass is 359 g/mol. The maximum atomic E-state index is 14.0. The zero-order valence-corrected chi connectivity index (χ0v) is 12.6. The van der Waals surface area contributed by atoms with Crippen LogP contribution < -0.4 is 0 Å². The van der Waals surface area contributed by atoms with Gasteiger partial charge in [0.2, 0.25) is 10.0 Å². The van der Waals surface area contributed by atoms with Crippen LogP contribution in [0.4, 0.5) is 17.6 Å². The highest BCUT2D eigenvalue weighted by atomic mass is 32.2. The van der Waals surface area contributed by atoms with E-state index in [-0.39, 0.29) is 10.7 Å². The number of piperidine rings is 1. The number of nitrogens with zero attached hydrogens (tertiary/aromatic N) is 3. The van der Waals surface area contributed by atoms with Gasteiger partial charge in [0, 0.05) is 26.2 Å². The van der Waals surface area contributed by atoms with Crippen molar-refractivity contribution in [1.82, 2.24) is 14.1 Å². The van der Waals surface area contributed by atoms with Crippen molar-refractivity contribution in [2.24, 2.45) is 13.0 Å². The van der Waals surface area contributed by atoms with E-state index in [2.05, 4.69) is 5.10 Å². The van der Waals surface area contributed by atoms with E-state index < -0.39 is 57.9 Å². The van der Waals surface area contributed by atoms with Crippen molar-refractivity contribution >= 4 is 16.0 Å². The molecule has 23 heavy (non-hydrogen) atoms.